The van der Waals surface area contributed by atoms with Crippen LogP contribution in [-0.2, 0) is 0 Å². The standard InChI is InChI=1S/C10H14ClNOS/c1-4-12(3)7(2)10(13)8-5-6-9(11)14-8/h5-7H,4H2,1-3H3. The van der Waals surface area contributed by atoms with Crippen LogP contribution in [0.3, 0.4) is 0 Å². The van der Waals surface area contributed by atoms with Crippen LogP contribution >= 0.6 is 22.9 Å². The lowest BCUT2D eigenvalue weighted by Crippen LogP contribution is -2.35. The van der Waals surface area contributed by atoms with E-state index in [1.54, 1.807) is 12.1 Å². The minimum atomic E-state index is -0.0743. The molecular formula is C10H14ClNOS. The first-order valence-corrected chi connectivity index (χ1v) is 5.75. The third-order valence-corrected chi connectivity index (χ3v) is 3.60. The van der Waals surface area contributed by atoms with Crippen LogP contribution in [0.15, 0.2) is 12.1 Å². The summed E-state index contributed by atoms with van der Waals surface area (Å²) in [5.74, 6) is 0.145. The SMILES string of the molecule is CCN(C)C(C)C(=O)c1ccc(Cl)s1. The van der Waals surface area contributed by atoms with Crippen molar-refractivity contribution in [3.63, 3.8) is 0 Å². The van der Waals surface area contributed by atoms with E-state index in [0.29, 0.717) is 4.34 Å². The largest absolute Gasteiger partial charge is 0.297 e. The van der Waals surface area contributed by atoms with Crippen molar-refractivity contribution in [2.45, 2.75) is 19.9 Å². The van der Waals surface area contributed by atoms with Crippen LogP contribution in [0.1, 0.15) is 23.5 Å². The zero-order valence-corrected chi connectivity index (χ0v) is 10.2. The molecular weight excluding hydrogens is 218 g/mol. The van der Waals surface area contributed by atoms with E-state index in [9.17, 15) is 4.79 Å². The molecule has 14 heavy (non-hydrogen) atoms. The zero-order valence-electron chi connectivity index (χ0n) is 8.58. The van der Waals surface area contributed by atoms with E-state index in [-0.39, 0.29) is 11.8 Å². The minimum Gasteiger partial charge on any atom is -0.297 e. The summed E-state index contributed by atoms with van der Waals surface area (Å²) in [6, 6.07) is 3.47. The van der Waals surface area contributed by atoms with Crippen molar-refractivity contribution >= 4 is 28.7 Å². The number of nitrogens with zero attached hydrogens (tertiary/aromatic N) is 1. The smallest absolute Gasteiger partial charge is 0.189 e. The highest BCUT2D eigenvalue weighted by molar-refractivity contribution is 7.18. The summed E-state index contributed by atoms with van der Waals surface area (Å²) in [5.41, 5.74) is 0. The minimum absolute atomic E-state index is 0.0743. The van der Waals surface area contributed by atoms with E-state index in [2.05, 4.69) is 0 Å². The summed E-state index contributed by atoms with van der Waals surface area (Å²) < 4.78 is 0.666. The van der Waals surface area contributed by atoms with Gasteiger partial charge in [0.1, 0.15) is 0 Å². The molecule has 1 rings (SSSR count). The monoisotopic (exact) mass is 231 g/mol. The fourth-order valence-electron chi connectivity index (χ4n) is 1.13. The maximum atomic E-state index is 11.9. The Morgan fingerprint density at radius 1 is 1.64 bits per heavy atom. The third kappa shape index (κ3) is 2.56. The van der Waals surface area contributed by atoms with Crippen molar-refractivity contribution < 1.29 is 4.79 Å². The summed E-state index contributed by atoms with van der Waals surface area (Å²) in [5, 5.41) is 0. The van der Waals surface area contributed by atoms with Gasteiger partial charge in [-0.3, -0.25) is 9.69 Å². The Balaban J connectivity index is 2.75. The Kier molecular flexibility index (Phi) is 4.11. The highest BCUT2D eigenvalue weighted by Crippen LogP contribution is 2.23. The Hall–Kier alpha value is -0.380. The van der Waals surface area contributed by atoms with Crippen LogP contribution in [0.5, 0.6) is 0 Å². The third-order valence-electron chi connectivity index (χ3n) is 2.36. The Bertz CT molecular complexity index is 324. The molecule has 1 aromatic heterocycles. The first-order valence-electron chi connectivity index (χ1n) is 4.56. The molecule has 0 amide bonds. The molecule has 1 heterocycles. The van der Waals surface area contributed by atoms with Crippen LogP contribution in [-0.4, -0.2) is 30.3 Å². The number of carbonyl (C=O) groups excluding carboxylic acids is 1. The molecule has 0 aliphatic rings. The number of rotatable bonds is 4. The molecule has 0 bridgehead atoms. The molecule has 0 N–H and O–H groups in total. The quantitative estimate of drug-likeness (QED) is 0.743. The average Bonchev–Trinajstić information content (AvgIpc) is 2.61. The molecule has 0 saturated carbocycles. The van der Waals surface area contributed by atoms with Crippen LogP contribution in [0.4, 0.5) is 0 Å². The molecule has 0 aromatic carbocycles. The van der Waals surface area contributed by atoms with Crippen LogP contribution in [0, 0.1) is 0 Å². The summed E-state index contributed by atoms with van der Waals surface area (Å²) in [6.45, 7) is 4.82. The molecule has 0 aliphatic heterocycles. The molecule has 2 nitrogen and oxygen atoms in total. The van der Waals surface area contributed by atoms with E-state index in [1.807, 2.05) is 25.8 Å². The van der Waals surface area contributed by atoms with Gasteiger partial charge in [-0.25, -0.2) is 0 Å². The van der Waals surface area contributed by atoms with Gasteiger partial charge in [0.2, 0.25) is 0 Å². The van der Waals surface area contributed by atoms with Crippen LogP contribution < -0.4 is 0 Å². The van der Waals surface area contributed by atoms with Crippen molar-refractivity contribution in [2.75, 3.05) is 13.6 Å². The normalized spacial score (nSPS) is 13.2. The summed E-state index contributed by atoms with van der Waals surface area (Å²) in [7, 11) is 1.94. The molecule has 0 saturated heterocycles. The van der Waals surface area contributed by atoms with Gasteiger partial charge in [-0.1, -0.05) is 18.5 Å². The van der Waals surface area contributed by atoms with Gasteiger partial charge in [-0.05, 0) is 32.6 Å². The maximum Gasteiger partial charge on any atom is 0.189 e. The maximum absolute atomic E-state index is 11.9. The lowest BCUT2D eigenvalue weighted by atomic mass is 10.1. The second-order valence-corrected chi connectivity index (χ2v) is 4.93. The van der Waals surface area contributed by atoms with Gasteiger partial charge in [-0.15, -0.1) is 11.3 Å². The lowest BCUT2D eigenvalue weighted by molar-refractivity contribution is 0.0878. The Labute approximate surface area is 93.5 Å². The van der Waals surface area contributed by atoms with Gasteiger partial charge in [-0.2, -0.15) is 0 Å². The predicted octanol–water partition coefficient (Wildman–Crippen LogP) is 2.92. The second kappa shape index (κ2) is 4.91. The molecule has 0 radical (unpaired) electrons. The van der Waals surface area contributed by atoms with Gasteiger partial charge >= 0.3 is 0 Å². The Morgan fingerprint density at radius 3 is 2.71 bits per heavy atom. The highest BCUT2D eigenvalue weighted by atomic mass is 35.5. The molecule has 1 unspecified atom stereocenters. The van der Waals surface area contributed by atoms with Crippen molar-refractivity contribution in [3.05, 3.63) is 21.3 Å². The van der Waals surface area contributed by atoms with Crippen LogP contribution in [0.2, 0.25) is 4.34 Å². The number of Topliss-reactive ketones (excluding diaryl/α,β-unsaturated/α-hetero) is 1. The number of carbonyl (C=O) groups is 1. The molecule has 1 aromatic rings. The number of halogens is 1. The van der Waals surface area contributed by atoms with Gasteiger partial charge in [0, 0.05) is 0 Å². The fourth-order valence-corrected chi connectivity index (χ4v) is 2.19. The van der Waals surface area contributed by atoms with Gasteiger partial charge in [0.25, 0.3) is 0 Å². The number of thiophene rings is 1. The Morgan fingerprint density at radius 2 is 2.29 bits per heavy atom. The fraction of sp³-hybridized carbons (Fsp3) is 0.500. The van der Waals surface area contributed by atoms with E-state index in [4.69, 9.17) is 11.6 Å². The molecule has 0 aliphatic carbocycles. The van der Waals surface area contributed by atoms with Crippen molar-refractivity contribution in [2.24, 2.45) is 0 Å². The molecule has 78 valence electrons. The first-order chi connectivity index (χ1) is 6.56. The van der Waals surface area contributed by atoms with Gasteiger partial charge in [0.05, 0.1) is 15.3 Å². The van der Waals surface area contributed by atoms with E-state index in [1.165, 1.54) is 11.3 Å². The first kappa shape index (κ1) is 11.7. The summed E-state index contributed by atoms with van der Waals surface area (Å²) in [6.07, 6.45) is 0. The molecule has 0 fully saturated rings. The second-order valence-electron chi connectivity index (χ2n) is 3.22. The topological polar surface area (TPSA) is 20.3 Å². The summed E-state index contributed by atoms with van der Waals surface area (Å²) >= 11 is 7.12. The molecule has 4 heteroatoms. The van der Waals surface area contributed by atoms with Crippen molar-refractivity contribution in [1.82, 2.24) is 4.90 Å². The number of likely N-dealkylation sites (N-methyl/N-ethyl adjacent to an activating group) is 1. The van der Waals surface area contributed by atoms with Crippen molar-refractivity contribution in [1.29, 1.82) is 0 Å². The number of hydrogen-bond acceptors (Lipinski definition) is 3. The van der Waals surface area contributed by atoms with E-state index in [0.717, 1.165) is 11.4 Å². The molecule has 0 spiro atoms. The predicted molar refractivity (Wildman–Crippen MR) is 61.4 cm³/mol. The zero-order chi connectivity index (χ0) is 10.7. The van der Waals surface area contributed by atoms with Crippen LogP contribution in [0.25, 0.3) is 0 Å². The van der Waals surface area contributed by atoms with Crippen molar-refractivity contribution in [3.8, 4) is 0 Å². The lowest BCUT2D eigenvalue weighted by Gasteiger charge is -2.20. The molecule has 1 atom stereocenters. The van der Waals surface area contributed by atoms with Gasteiger partial charge in [0.15, 0.2) is 5.78 Å². The highest BCUT2D eigenvalue weighted by Gasteiger charge is 2.19. The van der Waals surface area contributed by atoms with E-state index >= 15 is 0 Å². The summed E-state index contributed by atoms with van der Waals surface area (Å²) in [4.78, 5) is 14.6. The average molecular weight is 232 g/mol. The van der Waals surface area contributed by atoms with E-state index < -0.39 is 0 Å². The number of hydrogen-bond donors (Lipinski definition) is 0. The number of ketones is 1. The van der Waals surface area contributed by atoms with Gasteiger partial charge < -0.3 is 0 Å².